The molecule has 2 aromatic carbocycles. The van der Waals surface area contributed by atoms with Crippen LogP contribution in [-0.2, 0) is 14.8 Å². The lowest BCUT2D eigenvalue weighted by atomic mass is 10.1. The third-order valence-electron chi connectivity index (χ3n) is 3.57. The average molecular weight is 401 g/mol. The van der Waals surface area contributed by atoms with Gasteiger partial charge in [-0.3, -0.25) is 4.79 Å². The van der Waals surface area contributed by atoms with Crippen LogP contribution in [0.1, 0.15) is 25.5 Å². The lowest BCUT2D eigenvalue weighted by Gasteiger charge is -2.19. The summed E-state index contributed by atoms with van der Waals surface area (Å²) in [5.41, 5.74) is 0.920. The van der Waals surface area contributed by atoms with Crippen LogP contribution >= 0.6 is 23.2 Å². The van der Waals surface area contributed by atoms with Crippen molar-refractivity contribution in [2.75, 3.05) is 0 Å². The Hall–Kier alpha value is -1.60. The van der Waals surface area contributed by atoms with Gasteiger partial charge in [-0.2, -0.15) is 4.72 Å². The normalized spacial score (nSPS) is 13.9. The zero-order valence-corrected chi connectivity index (χ0v) is 16.0. The van der Waals surface area contributed by atoms with E-state index < -0.39 is 22.0 Å². The Kier molecular flexibility index (Phi) is 6.46. The van der Waals surface area contributed by atoms with Crippen molar-refractivity contribution in [3.05, 3.63) is 64.1 Å². The number of hydrogen-bond acceptors (Lipinski definition) is 3. The average Bonchev–Trinajstić information content (AvgIpc) is 2.57. The molecule has 0 saturated carbocycles. The van der Waals surface area contributed by atoms with E-state index >= 15 is 0 Å². The summed E-state index contributed by atoms with van der Waals surface area (Å²) in [6.45, 7) is 3.28. The fraction of sp³-hybridized carbons (Fsp3) is 0.235. The second kappa shape index (κ2) is 8.19. The van der Waals surface area contributed by atoms with Gasteiger partial charge in [-0.1, -0.05) is 53.5 Å². The second-order valence-corrected chi connectivity index (χ2v) is 8.08. The van der Waals surface area contributed by atoms with E-state index in [0.29, 0.717) is 0 Å². The topological polar surface area (TPSA) is 75.3 Å². The van der Waals surface area contributed by atoms with Crippen LogP contribution in [0.4, 0.5) is 0 Å². The van der Waals surface area contributed by atoms with E-state index in [1.165, 1.54) is 25.1 Å². The first kappa shape index (κ1) is 19.7. The first-order valence-corrected chi connectivity index (χ1v) is 9.77. The SMILES string of the molecule is C[C@H](NC(=O)[C@@H](C)NS(=O)(=O)c1cc(Cl)ccc1Cl)c1ccccc1. The molecule has 0 aliphatic heterocycles. The number of benzene rings is 2. The van der Waals surface area contributed by atoms with Gasteiger partial charge < -0.3 is 5.32 Å². The van der Waals surface area contributed by atoms with Gasteiger partial charge in [0, 0.05) is 5.02 Å². The zero-order valence-electron chi connectivity index (χ0n) is 13.7. The highest BCUT2D eigenvalue weighted by atomic mass is 35.5. The highest BCUT2D eigenvalue weighted by Crippen LogP contribution is 2.25. The van der Waals surface area contributed by atoms with Crippen LogP contribution in [0.5, 0.6) is 0 Å². The van der Waals surface area contributed by atoms with Gasteiger partial charge in [0.1, 0.15) is 4.90 Å². The van der Waals surface area contributed by atoms with E-state index in [1.54, 1.807) is 0 Å². The van der Waals surface area contributed by atoms with Crippen molar-refractivity contribution in [3.8, 4) is 0 Å². The Morgan fingerprint density at radius 2 is 1.68 bits per heavy atom. The molecule has 0 heterocycles. The van der Waals surface area contributed by atoms with Gasteiger partial charge in [-0.15, -0.1) is 0 Å². The van der Waals surface area contributed by atoms with Crippen LogP contribution in [0.2, 0.25) is 10.0 Å². The van der Waals surface area contributed by atoms with Crippen LogP contribution in [-0.4, -0.2) is 20.4 Å². The Morgan fingerprint density at radius 3 is 2.32 bits per heavy atom. The third-order valence-corrected chi connectivity index (χ3v) is 5.82. The number of carbonyl (C=O) groups is 1. The van der Waals surface area contributed by atoms with Crippen LogP contribution < -0.4 is 10.0 Å². The molecule has 2 aromatic rings. The standard InChI is InChI=1S/C17H18Cl2N2O3S/c1-11(13-6-4-3-5-7-13)20-17(22)12(2)21-25(23,24)16-10-14(18)8-9-15(16)19/h3-12,21H,1-2H3,(H,20,22)/t11-,12+/m0/s1. The van der Waals surface area contributed by atoms with E-state index in [4.69, 9.17) is 23.2 Å². The molecule has 0 aliphatic rings. The molecule has 2 atom stereocenters. The minimum absolute atomic E-state index is 0.0298. The largest absolute Gasteiger partial charge is 0.348 e. The van der Waals surface area contributed by atoms with Crippen LogP contribution in [0.3, 0.4) is 0 Å². The van der Waals surface area contributed by atoms with E-state index in [1.807, 2.05) is 37.3 Å². The number of amides is 1. The van der Waals surface area contributed by atoms with Crippen molar-refractivity contribution in [2.24, 2.45) is 0 Å². The van der Waals surface area contributed by atoms with Gasteiger partial charge in [-0.25, -0.2) is 8.42 Å². The quantitative estimate of drug-likeness (QED) is 0.778. The first-order valence-electron chi connectivity index (χ1n) is 7.53. The van der Waals surface area contributed by atoms with Crippen molar-refractivity contribution < 1.29 is 13.2 Å². The summed E-state index contributed by atoms with van der Waals surface area (Å²) >= 11 is 11.8. The number of nitrogens with one attached hydrogen (secondary N) is 2. The second-order valence-electron chi connectivity index (χ2n) is 5.56. The molecule has 5 nitrogen and oxygen atoms in total. The van der Waals surface area contributed by atoms with E-state index in [2.05, 4.69) is 10.0 Å². The monoisotopic (exact) mass is 400 g/mol. The molecule has 0 bridgehead atoms. The lowest BCUT2D eigenvalue weighted by molar-refractivity contribution is -0.123. The fourth-order valence-electron chi connectivity index (χ4n) is 2.20. The molecule has 0 aromatic heterocycles. The maximum atomic E-state index is 12.4. The third kappa shape index (κ3) is 5.19. The number of sulfonamides is 1. The number of carbonyl (C=O) groups excluding carboxylic acids is 1. The Bertz CT molecular complexity index is 857. The molecule has 0 fully saturated rings. The van der Waals surface area contributed by atoms with Crippen LogP contribution in [0.15, 0.2) is 53.4 Å². The van der Waals surface area contributed by atoms with E-state index in [0.717, 1.165) is 5.56 Å². The molecule has 0 spiro atoms. The maximum Gasteiger partial charge on any atom is 0.242 e. The Labute approximate surface area is 157 Å². The van der Waals surface area contributed by atoms with Crippen molar-refractivity contribution in [1.82, 2.24) is 10.0 Å². The summed E-state index contributed by atoms with van der Waals surface area (Å²) in [6.07, 6.45) is 0. The summed E-state index contributed by atoms with van der Waals surface area (Å²) < 4.78 is 27.2. The molecule has 0 radical (unpaired) electrons. The summed E-state index contributed by atoms with van der Waals surface area (Å²) in [6, 6.07) is 12.3. The van der Waals surface area contributed by atoms with Crippen LogP contribution in [0.25, 0.3) is 0 Å². The predicted molar refractivity (Wildman–Crippen MR) is 99.2 cm³/mol. The smallest absolute Gasteiger partial charge is 0.242 e. The Morgan fingerprint density at radius 1 is 1.04 bits per heavy atom. The molecule has 0 saturated heterocycles. The van der Waals surface area contributed by atoms with Gasteiger partial charge in [-0.05, 0) is 37.6 Å². The maximum absolute atomic E-state index is 12.4. The fourth-order valence-corrected chi connectivity index (χ4v) is 4.16. The van der Waals surface area contributed by atoms with Gasteiger partial charge in [0.05, 0.1) is 17.1 Å². The number of hydrogen-bond donors (Lipinski definition) is 2. The summed E-state index contributed by atoms with van der Waals surface area (Å²) in [5.74, 6) is -0.446. The molecular weight excluding hydrogens is 383 g/mol. The molecular formula is C17H18Cl2N2O3S. The van der Waals surface area contributed by atoms with Crippen molar-refractivity contribution >= 4 is 39.1 Å². The number of rotatable bonds is 6. The lowest BCUT2D eigenvalue weighted by Crippen LogP contribution is -2.45. The van der Waals surface area contributed by atoms with Gasteiger partial charge in [0.15, 0.2) is 0 Å². The minimum Gasteiger partial charge on any atom is -0.348 e. The van der Waals surface area contributed by atoms with Gasteiger partial charge in [0.25, 0.3) is 0 Å². The molecule has 25 heavy (non-hydrogen) atoms. The Balaban J connectivity index is 2.08. The summed E-state index contributed by atoms with van der Waals surface area (Å²) in [4.78, 5) is 12.1. The summed E-state index contributed by atoms with van der Waals surface area (Å²) in [5, 5.41) is 3.04. The summed E-state index contributed by atoms with van der Waals surface area (Å²) in [7, 11) is -3.99. The molecule has 1 amide bonds. The number of halogens is 2. The van der Waals surface area contributed by atoms with Gasteiger partial charge >= 0.3 is 0 Å². The highest BCUT2D eigenvalue weighted by molar-refractivity contribution is 7.89. The predicted octanol–water partition coefficient (Wildman–Crippen LogP) is 3.54. The first-order chi connectivity index (χ1) is 11.7. The van der Waals surface area contributed by atoms with Crippen molar-refractivity contribution in [1.29, 1.82) is 0 Å². The molecule has 2 N–H and O–H groups in total. The van der Waals surface area contributed by atoms with E-state index in [-0.39, 0.29) is 21.0 Å². The molecule has 0 aliphatic carbocycles. The molecule has 134 valence electrons. The molecule has 2 rings (SSSR count). The minimum atomic E-state index is -3.99. The van der Waals surface area contributed by atoms with Crippen molar-refractivity contribution in [2.45, 2.75) is 30.8 Å². The zero-order chi connectivity index (χ0) is 18.6. The van der Waals surface area contributed by atoms with E-state index in [9.17, 15) is 13.2 Å². The van der Waals surface area contributed by atoms with Crippen LogP contribution in [0, 0.1) is 0 Å². The molecule has 0 unspecified atom stereocenters. The van der Waals surface area contributed by atoms with Crippen molar-refractivity contribution in [3.63, 3.8) is 0 Å². The van der Waals surface area contributed by atoms with Gasteiger partial charge in [0.2, 0.25) is 15.9 Å². The highest BCUT2D eigenvalue weighted by Gasteiger charge is 2.25. The molecule has 8 heteroatoms.